The van der Waals surface area contributed by atoms with Gasteiger partial charge in [-0.1, -0.05) is 54.2 Å². The molecule has 1 aliphatic rings. The monoisotopic (exact) mass is 463 g/mol. The Bertz CT molecular complexity index is 1240. The Labute approximate surface area is 193 Å². The maximum Gasteiger partial charge on any atom is 0.283 e. The third-order valence-corrected chi connectivity index (χ3v) is 5.85. The normalized spacial score (nSPS) is 15.5. The fourth-order valence-electron chi connectivity index (χ4n) is 3.11. The van der Waals surface area contributed by atoms with E-state index in [9.17, 15) is 18.4 Å². The van der Waals surface area contributed by atoms with E-state index in [4.69, 9.17) is 0 Å². The third kappa shape index (κ3) is 5.18. The molecule has 1 N–H and O–H groups in total. The van der Waals surface area contributed by atoms with Gasteiger partial charge in [-0.15, -0.1) is 0 Å². The van der Waals surface area contributed by atoms with Crippen LogP contribution in [-0.4, -0.2) is 22.2 Å². The van der Waals surface area contributed by atoms with Crippen molar-refractivity contribution in [2.75, 3.05) is 10.2 Å². The second-order valence-corrected chi connectivity index (χ2v) is 8.49. The van der Waals surface area contributed by atoms with Crippen molar-refractivity contribution in [1.82, 2.24) is 0 Å². The highest BCUT2D eigenvalue weighted by Gasteiger charge is 2.34. The van der Waals surface area contributed by atoms with Gasteiger partial charge in [-0.2, -0.15) is 0 Å². The smallest absolute Gasteiger partial charge is 0.283 e. The van der Waals surface area contributed by atoms with Crippen molar-refractivity contribution in [3.05, 3.63) is 102 Å². The van der Waals surface area contributed by atoms with Gasteiger partial charge in [0.25, 0.3) is 5.91 Å². The van der Waals surface area contributed by atoms with Crippen LogP contribution in [0.25, 0.3) is 6.08 Å². The fraction of sp³-hybridized carbons (Fsp3) is 0.0800. The molecule has 0 saturated carbocycles. The number of aliphatic imine (C=N–C) groups is 1. The minimum absolute atomic E-state index is 0.0689. The summed E-state index contributed by atoms with van der Waals surface area (Å²) in [5.41, 5.74) is 1.47. The number of benzene rings is 3. The first-order valence-corrected chi connectivity index (χ1v) is 11.0. The molecule has 1 aliphatic heterocycles. The van der Waals surface area contributed by atoms with E-state index in [1.807, 2.05) is 30.3 Å². The summed E-state index contributed by atoms with van der Waals surface area (Å²) in [5.74, 6) is -1.82. The molecule has 0 saturated heterocycles. The first-order valence-electron chi connectivity index (χ1n) is 10.1. The van der Waals surface area contributed by atoms with Gasteiger partial charge in [-0.05, 0) is 55.0 Å². The number of amides is 2. The average Bonchev–Trinajstić information content (AvgIpc) is 3.11. The number of hydrogen-bond acceptors (Lipinski definition) is 4. The quantitative estimate of drug-likeness (QED) is 0.511. The van der Waals surface area contributed by atoms with Gasteiger partial charge < -0.3 is 5.32 Å². The summed E-state index contributed by atoms with van der Waals surface area (Å²) in [6.07, 6.45) is 1.65. The van der Waals surface area contributed by atoms with Gasteiger partial charge in [-0.3, -0.25) is 14.5 Å². The fourth-order valence-corrected chi connectivity index (χ4v) is 4.04. The van der Waals surface area contributed by atoms with Crippen molar-refractivity contribution in [2.24, 2.45) is 4.99 Å². The molecule has 166 valence electrons. The van der Waals surface area contributed by atoms with E-state index in [1.165, 1.54) is 47.4 Å². The Morgan fingerprint density at radius 1 is 1.00 bits per heavy atom. The third-order valence-electron chi connectivity index (χ3n) is 4.80. The Morgan fingerprint density at radius 2 is 1.67 bits per heavy atom. The molecule has 33 heavy (non-hydrogen) atoms. The van der Waals surface area contributed by atoms with E-state index < -0.39 is 28.7 Å². The average molecular weight is 464 g/mol. The van der Waals surface area contributed by atoms with E-state index in [0.29, 0.717) is 5.69 Å². The number of nitrogens with one attached hydrogen (secondary N) is 1. The lowest BCUT2D eigenvalue weighted by atomic mass is 10.2. The summed E-state index contributed by atoms with van der Waals surface area (Å²) in [4.78, 5) is 31.7. The molecule has 0 aromatic heterocycles. The Balaban J connectivity index is 1.61. The minimum Gasteiger partial charge on any atom is -0.323 e. The van der Waals surface area contributed by atoms with Crippen LogP contribution in [0.2, 0.25) is 0 Å². The second kappa shape index (κ2) is 9.79. The summed E-state index contributed by atoms with van der Waals surface area (Å²) < 4.78 is 27.4. The number of rotatable bonds is 5. The van der Waals surface area contributed by atoms with Crippen LogP contribution in [0.5, 0.6) is 0 Å². The molecule has 0 bridgehead atoms. The van der Waals surface area contributed by atoms with Crippen LogP contribution in [0.3, 0.4) is 0 Å². The number of anilines is 2. The van der Waals surface area contributed by atoms with Gasteiger partial charge >= 0.3 is 0 Å². The van der Waals surface area contributed by atoms with Gasteiger partial charge in [0.1, 0.15) is 17.3 Å². The van der Waals surface area contributed by atoms with E-state index in [-0.39, 0.29) is 16.6 Å². The van der Waals surface area contributed by atoms with Crippen molar-refractivity contribution in [3.63, 3.8) is 0 Å². The van der Waals surface area contributed by atoms with Gasteiger partial charge in [-0.25, -0.2) is 13.8 Å². The number of amidine groups is 1. The molecule has 0 spiro atoms. The Kier molecular flexibility index (Phi) is 6.65. The van der Waals surface area contributed by atoms with Crippen LogP contribution < -0.4 is 10.2 Å². The number of hydrogen-bond donors (Lipinski definition) is 1. The standard InChI is InChI=1S/C25H19F2N3O2S/c1-16(23(31)28-21-10-6-5-9-20(21)27)33-25-29-22(15-17-7-3-2-4-8-17)24(32)30(25)19-13-11-18(26)12-14-19/h2-16H,1H3,(H,28,31)/b22-15-. The van der Waals surface area contributed by atoms with Crippen LogP contribution in [0.4, 0.5) is 20.2 Å². The lowest BCUT2D eigenvalue weighted by molar-refractivity contribution is -0.115. The zero-order chi connectivity index (χ0) is 23.4. The predicted molar refractivity (Wildman–Crippen MR) is 128 cm³/mol. The maximum absolute atomic E-state index is 13.9. The van der Waals surface area contributed by atoms with E-state index in [2.05, 4.69) is 10.3 Å². The van der Waals surface area contributed by atoms with Gasteiger partial charge in [0.15, 0.2) is 5.17 Å². The minimum atomic E-state index is -0.699. The summed E-state index contributed by atoms with van der Waals surface area (Å²) >= 11 is 1.05. The van der Waals surface area contributed by atoms with Crippen LogP contribution in [-0.2, 0) is 9.59 Å². The summed E-state index contributed by atoms with van der Waals surface area (Å²) in [5, 5.41) is 2.12. The molecular formula is C25H19F2N3O2S. The summed E-state index contributed by atoms with van der Waals surface area (Å²) in [6, 6.07) is 20.5. The number of halogens is 2. The largest absolute Gasteiger partial charge is 0.323 e. The molecule has 5 nitrogen and oxygen atoms in total. The highest BCUT2D eigenvalue weighted by atomic mass is 32.2. The lowest BCUT2D eigenvalue weighted by Gasteiger charge is -2.20. The molecule has 3 aromatic rings. The highest BCUT2D eigenvalue weighted by Crippen LogP contribution is 2.31. The number of thioether (sulfide) groups is 1. The zero-order valence-corrected chi connectivity index (χ0v) is 18.4. The molecule has 8 heteroatoms. The number of nitrogens with zero attached hydrogens (tertiary/aromatic N) is 2. The topological polar surface area (TPSA) is 61.8 Å². The van der Waals surface area contributed by atoms with Gasteiger partial charge in [0, 0.05) is 0 Å². The molecule has 1 atom stereocenters. The van der Waals surface area contributed by atoms with Crippen molar-refractivity contribution in [3.8, 4) is 0 Å². The Hall–Kier alpha value is -3.78. The highest BCUT2D eigenvalue weighted by molar-refractivity contribution is 8.15. The number of carbonyl (C=O) groups excluding carboxylic acids is 2. The Morgan fingerprint density at radius 3 is 2.36 bits per heavy atom. The molecule has 1 unspecified atom stereocenters. The van der Waals surface area contributed by atoms with Crippen molar-refractivity contribution in [2.45, 2.75) is 12.2 Å². The molecule has 3 aromatic carbocycles. The van der Waals surface area contributed by atoms with E-state index >= 15 is 0 Å². The number of para-hydroxylation sites is 1. The molecule has 0 radical (unpaired) electrons. The first-order chi connectivity index (χ1) is 15.9. The maximum atomic E-state index is 13.9. The van der Waals surface area contributed by atoms with Crippen LogP contribution in [0.15, 0.2) is 89.6 Å². The molecule has 0 aliphatic carbocycles. The number of carbonyl (C=O) groups is 2. The van der Waals surface area contributed by atoms with Crippen molar-refractivity contribution < 1.29 is 18.4 Å². The van der Waals surface area contributed by atoms with Gasteiger partial charge in [0.2, 0.25) is 5.91 Å². The van der Waals surface area contributed by atoms with Crippen LogP contribution in [0.1, 0.15) is 12.5 Å². The summed E-state index contributed by atoms with van der Waals surface area (Å²) in [6.45, 7) is 1.63. The SMILES string of the molecule is CC(SC1=N/C(=C\c2ccccc2)C(=O)N1c1ccc(F)cc1)C(=O)Nc1ccccc1F. The lowest BCUT2D eigenvalue weighted by Crippen LogP contribution is -2.33. The summed E-state index contributed by atoms with van der Waals surface area (Å²) in [7, 11) is 0. The first kappa shape index (κ1) is 22.4. The molecule has 0 fully saturated rings. The van der Waals surface area contributed by atoms with E-state index in [1.54, 1.807) is 19.1 Å². The molecule has 4 rings (SSSR count). The molecule has 1 heterocycles. The predicted octanol–water partition coefficient (Wildman–Crippen LogP) is 5.47. The van der Waals surface area contributed by atoms with Crippen LogP contribution in [0, 0.1) is 11.6 Å². The van der Waals surface area contributed by atoms with E-state index in [0.717, 1.165) is 17.3 Å². The second-order valence-electron chi connectivity index (χ2n) is 7.18. The molecule has 2 amide bonds. The van der Waals surface area contributed by atoms with Gasteiger partial charge in [0.05, 0.1) is 16.6 Å². The van der Waals surface area contributed by atoms with Crippen molar-refractivity contribution >= 4 is 46.2 Å². The van der Waals surface area contributed by atoms with Crippen LogP contribution >= 0.6 is 11.8 Å². The molecular weight excluding hydrogens is 444 g/mol. The van der Waals surface area contributed by atoms with Crippen molar-refractivity contribution in [1.29, 1.82) is 0 Å². The zero-order valence-electron chi connectivity index (χ0n) is 17.5.